The van der Waals surface area contributed by atoms with E-state index in [0.717, 1.165) is 10.0 Å². The summed E-state index contributed by atoms with van der Waals surface area (Å²) in [5, 5.41) is 3.13. The Morgan fingerprint density at radius 3 is 2.42 bits per heavy atom. The molecule has 0 bridgehead atoms. The summed E-state index contributed by atoms with van der Waals surface area (Å²) >= 11 is 3.34. The quantitative estimate of drug-likeness (QED) is 0.887. The highest BCUT2D eigenvalue weighted by atomic mass is 79.9. The minimum atomic E-state index is -0.271. The Morgan fingerprint density at radius 1 is 1.11 bits per heavy atom. The molecule has 0 aliphatic heterocycles. The molecular formula is C15H14BrF2N. The van der Waals surface area contributed by atoms with Crippen LogP contribution >= 0.6 is 15.9 Å². The fraction of sp³-hybridized carbons (Fsp3) is 0.200. The highest BCUT2D eigenvalue weighted by Crippen LogP contribution is 2.23. The van der Waals surface area contributed by atoms with Crippen molar-refractivity contribution in [1.29, 1.82) is 0 Å². The van der Waals surface area contributed by atoms with Gasteiger partial charge in [-0.1, -0.05) is 28.1 Å². The topological polar surface area (TPSA) is 12.0 Å². The number of likely N-dealkylation sites (N-methyl/N-ethyl adjacent to an activating group) is 1. The standard InChI is InChI=1S/C15H14BrF2N/c1-19-15(10-2-5-13(17)6-3-10)9-11-8-12(16)4-7-14(11)18/h2-8,15,19H,9H2,1H3. The predicted octanol–water partition coefficient (Wildman–Crippen LogP) is 4.23. The van der Waals surface area contributed by atoms with Gasteiger partial charge in [-0.15, -0.1) is 0 Å². The number of halogens is 3. The van der Waals surface area contributed by atoms with Crippen LogP contribution in [-0.2, 0) is 6.42 Å². The Bertz CT molecular complexity index is 555. The summed E-state index contributed by atoms with van der Waals surface area (Å²) in [5.74, 6) is -0.502. The molecule has 0 saturated carbocycles. The maximum absolute atomic E-state index is 13.7. The fourth-order valence-electron chi connectivity index (χ4n) is 2.00. The fourth-order valence-corrected chi connectivity index (χ4v) is 2.41. The third-order valence-corrected chi connectivity index (χ3v) is 3.55. The molecule has 0 aromatic heterocycles. The summed E-state index contributed by atoms with van der Waals surface area (Å²) in [5.41, 5.74) is 1.56. The molecule has 0 amide bonds. The number of rotatable bonds is 4. The molecule has 0 spiro atoms. The van der Waals surface area contributed by atoms with Gasteiger partial charge in [0.05, 0.1) is 0 Å². The van der Waals surface area contributed by atoms with Gasteiger partial charge in [0.1, 0.15) is 11.6 Å². The van der Waals surface area contributed by atoms with Crippen molar-refractivity contribution in [3.8, 4) is 0 Å². The Hall–Kier alpha value is -1.26. The Labute approximate surface area is 119 Å². The summed E-state index contributed by atoms with van der Waals surface area (Å²) in [4.78, 5) is 0. The number of benzene rings is 2. The number of hydrogen-bond acceptors (Lipinski definition) is 1. The van der Waals surface area contributed by atoms with Gasteiger partial charge in [0.25, 0.3) is 0 Å². The molecule has 0 saturated heterocycles. The van der Waals surface area contributed by atoms with Crippen LogP contribution in [0.15, 0.2) is 46.9 Å². The van der Waals surface area contributed by atoms with E-state index in [-0.39, 0.29) is 17.7 Å². The second kappa shape index (κ2) is 6.26. The van der Waals surface area contributed by atoms with Gasteiger partial charge in [-0.05, 0) is 54.9 Å². The van der Waals surface area contributed by atoms with Gasteiger partial charge in [-0.25, -0.2) is 8.78 Å². The van der Waals surface area contributed by atoms with Crippen molar-refractivity contribution in [3.63, 3.8) is 0 Å². The lowest BCUT2D eigenvalue weighted by atomic mass is 9.98. The van der Waals surface area contributed by atoms with Crippen LogP contribution < -0.4 is 5.32 Å². The maximum Gasteiger partial charge on any atom is 0.126 e. The van der Waals surface area contributed by atoms with Gasteiger partial charge in [-0.2, -0.15) is 0 Å². The molecule has 0 fully saturated rings. The highest BCUT2D eigenvalue weighted by molar-refractivity contribution is 9.10. The van der Waals surface area contributed by atoms with Crippen LogP contribution in [0.25, 0.3) is 0 Å². The van der Waals surface area contributed by atoms with Crippen LogP contribution in [0.2, 0.25) is 0 Å². The van der Waals surface area contributed by atoms with E-state index < -0.39 is 0 Å². The first kappa shape index (κ1) is 14.2. The lowest BCUT2D eigenvalue weighted by Gasteiger charge is -2.17. The van der Waals surface area contributed by atoms with E-state index in [9.17, 15) is 8.78 Å². The zero-order valence-electron chi connectivity index (χ0n) is 10.5. The molecular weight excluding hydrogens is 312 g/mol. The molecule has 19 heavy (non-hydrogen) atoms. The average Bonchev–Trinajstić information content (AvgIpc) is 2.41. The Kier molecular flexibility index (Phi) is 4.66. The molecule has 2 aromatic rings. The summed E-state index contributed by atoms with van der Waals surface area (Å²) < 4.78 is 27.5. The van der Waals surface area contributed by atoms with Crippen LogP contribution in [0.3, 0.4) is 0 Å². The second-order valence-corrected chi connectivity index (χ2v) is 5.25. The van der Waals surface area contributed by atoms with Gasteiger partial charge in [0.2, 0.25) is 0 Å². The monoisotopic (exact) mass is 325 g/mol. The first-order valence-electron chi connectivity index (χ1n) is 5.97. The molecule has 1 unspecified atom stereocenters. The number of hydrogen-bond donors (Lipinski definition) is 1. The van der Waals surface area contributed by atoms with Crippen LogP contribution in [0.4, 0.5) is 8.78 Å². The molecule has 0 heterocycles. The number of nitrogens with one attached hydrogen (secondary N) is 1. The van der Waals surface area contributed by atoms with Crippen LogP contribution in [0.1, 0.15) is 17.2 Å². The molecule has 0 radical (unpaired) electrons. The highest BCUT2D eigenvalue weighted by Gasteiger charge is 2.13. The molecule has 2 aromatic carbocycles. The van der Waals surface area contributed by atoms with Gasteiger partial charge in [-0.3, -0.25) is 0 Å². The van der Waals surface area contributed by atoms with Gasteiger partial charge >= 0.3 is 0 Å². The first-order valence-corrected chi connectivity index (χ1v) is 6.76. The van der Waals surface area contributed by atoms with Crippen molar-refractivity contribution >= 4 is 15.9 Å². The lowest BCUT2D eigenvalue weighted by Crippen LogP contribution is -2.19. The molecule has 100 valence electrons. The first-order chi connectivity index (χ1) is 9.10. The SMILES string of the molecule is CNC(Cc1cc(Br)ccc1F)c1ccc(F)cc1. The molecule has 0 aliphatic rings. The smallest absolute Gasteiger partial charge is 0.126 e. The van der Waals surface area contributed by atoms with Gasteiger partial charge < -0.3 is 5.32 Å². The largest absolute Gasteiger partial charge is 0.313 e. The van der Waals surface area contributed by atoms with Crippen molar-refractivity contribution in [3.05, 3.63) is 69.7 Å². The summed E-state index contributed by atoms with van der Waals surface area (Å²) in [6.07, 6.45) is 0.507. The summed E-state index contributed by atoms with van der Waals surface area (Å²) in [6.45, 7) is 0. The van der Waals surface area contributed by atoms with E-state index in [4.69, 9.17) is 0 Å². The minimum absolute atomic E-state index is 0.0515. The van der Waals surface area contributed by atoms with E-state index in [1.54, 1.807) is 24.3 Å². The molecule has 2 rings (SSSR count). The lowest BCUT2D eigenvalue weighted by molar-refractivity contribution is 0.552. The minimum Gasteiger partial charge on any atom is -0.313 e. The van der Waals surface area contributed by atoms with Gasteiger partial charge in [0.15, 0.2) is 0 Å². The third-order valence-electron chi connectivity index (χ3n) is 3.05. The third kappa shape index (κ3) is 3.61. The van der Waals surface area contributed by atoms with Crippen molar-refractivity contribution in [1.82, 2.24) is 5.32 Å². The van der Waals surface area contributed by atoms with Gasteiger partial charge in [0, 0.05) is 10.5 Å². The van der Waals surface area contributed by atoms with E-state index in [1.165, 1.54) is 18.2 Å². The zero-order chi connectivity index (χ0) is 13.8. The van der Waals surface area contributed by atoms with E-state index in [0.29, 0.717) is 12.0 Å². The normalized spacial score (nSPS) is 12.4. The van der Waals surface area contributed by atoms with Crippen molar-refractivity contribution < 1.29 is 8.78 Å². The summed E-state index contributed by atoms with van der Waals surface area (Å²) in [6, 6.07) is 11.1. The van der Waals surface area contributed by atoms with Crippen molar-refractivity contribution in [2.75, 3.05) is 7.05 Å². The van der Waals surface area contributed by atoms with E-state index in [1.807, 2.05) is 7.05 Å². The van der Waals surface area contributed by atoms with Crippen LogP contribution in [0, 0.1) is 11.6 Å². The molecule has 1 atom stereocenters. The maximum atomic E-state index is 13.7. The Balaban J connectivity index is 2.23. The molecule has 0 aliphatic carbocycles. The molecule has 1 N–H and O–H groups in total. The predicted molar refractivity (Wildman–Crippen MR) is 76.0 cm³/mol. The molecule has 1 nitrogen and oxygen atoms in total. The average molecular weight is 326 g/mol. The van der Waals surface area contributed by atoms with E-state index in [2.05, 4.69) is 21.2 Å². The summed E-state index contributed by atoms with van der Waals surface area (Å²) in [7, 11) is 1.81. The van der Waals surface area contributed by atoms with Crippen LogP contribution in [-0.4, -0.2) is 7.05 Å². The Morgan fingerprint density at radius 2 is 1.79 bits per heavy atom. The van der Waals surface area contributed by atoms with E-state index >= 15 is 0 Å². The molecule has 4 heteroatoms. The van der Waals surface area contributed by atoms with Crippen molar-refractivity contribution in [2.24, 2.45) is 0 Å². The second-order valence-electron chi connectivity index (χ2n) is 4.33. The zero-order valence-corrected chi connectivity index (χ0v) is 12.0. The van der Waals surface area contributed by atoms with Crippen LogP contribution in [0.5, 0.6) is 0 Å². The van der Waals surface area contributed by atoms with Crippen molar-refractivity contribution in [2.45, 2.75) is 12.5 Å².